The molecule has 0 aliphatic carbocycles. The number of nitrogens with one attached hydrogen (secondary N) is 1. The van der Waals surface area contributed by atoms with Crippen LogP contribution in [0.1, 0.15) is 24.5 Å². The van der Waals surface area contributed by atoms with Crippen molar-refractivity contribution in [3.63, 3.8) is 0 Å². The summed E-state index contributed by atoms with van der Waals surface area (Å²) >= 11 is 0. The fourth-order valence-corrected chi connectivity index (χ4v) is 2.19. The second-order valence-corrected chi connectivity index (χ2v) is 5.41. The SMILES string of the molecule is CC/C=C(\O)C(Cc1ccc(O)cc1)NOOCc1ccccc1. The molecule has 2 aromatic carbocycles. The summed E-state index contributed by atoms with van der Waals surface area (Å²) in [6.07, 6.45) is 2.93. The van der Waals surface area contributed by atoms with Gasteiger partial charge in [0.05, 0.1) is 6.04 Å². The minimum atomic E-state index is -0.440. The number of rotatable bonds is 9. The zero-order valence-corrected chi connectivity index (χ0v) is 13.7. The highest BCUT2D eigenvalue weighted by Gasteiger charge is 2.15. The predicted molar refractivity (Wildman–Crippen MR) is 92.1 cm³/mol. The maximum absolute atomic E-state index is 10.2. The minimum absolute atomic E-state index is 0.189. The second-order valence-electron chi connectivity index (χ2n) is 5.41. The van der Waals surface area contributed by atoms with Gasteiger partial charge in [0.15, 0.2) is 0 Å². The summed E-state index contributed by atoms with van der Waals surface area (Å²) in [4.78, 5) is 10.2. The summed E-state index contributed by atoms with van der Waals surface area (Å²) < 4.78 is 0. The normalized spacial score (nSPS) is 13.0. The monoisotopic (exact) mass is 329 g/mol. The van der Waals surface area contributed by atoms with E-state index in [4.69, 9.17) is 9.88 Å². The van der Waals surface area contributed by atoms with Gasteiger partial charge in [0.25, 0.3) is 0 Å². The van der Waals surface area contributed by atoms with Gasteiger partial charge in [0.1, 0.15) is 18.1 Å². The molecule has 0 radical (unpaired) electrons. The molecule has 0 aliphatic rings. The Balaban J connectivity index is 1.88. The van der Waals surface area contributed by atoms with Crippen molar-refractivity contribution >= 4 is 0 Å². The lowest BCUT2D eigenvalue weighted by atomic mass is 10.0. The van der Waals surface area contributed by atoms with Gasteiger partial charge in [0, 0.05) is 0 Å². The number of allylic oxidation sites excluding steroid dienone is 1. The number of phenols is 1. The first-order valence-electron chi connectivity index (χ1n) is 7.94. The molecule has 128 valence electrons. The van der Waals surface area contributed by atoms with Crippen LogP contribution in [0.15, 0.2) is 66.4 Å². The standard InChI is InChI=1S/C19H23NO4/c1-2-6-19(22)18(13-15-9-11-17(21)12-10-15)20-24-23-14-16-7-4-3-5-8-16/h3-12,18,20-22H,2,13-14H2,1H3/b19-6-. The number of hydrogen-bond donors (Lipinski definition) is 3. The molecule has 0 amide bonds. The summed E-state index contributed by atoms with van der Waals surface area (Å²) in [6.45, 7) is 2.25. The van der Waals surface area contributed by atoms with Gasteiger partial charge in [-0.05, 0) is 42.2 Å². The van der Waals surface area contributed by atoms with E-state index in [-0.39, 0.29) is 11.5 Å². The number of hydroxylamine groups is 1. The number of aliphatic hydroxyl groups excluding tert-OH is 1. The van der Waals surface area contributed by atoms with Crippen LogP contribution in [0.4, 0.5) is 0 Å². The molecule has 1 unspecified atom stereocenters. The Kier molecular flexibility index (Phi) is 7.29. The van der Waals surface area contributed by atoms with Gasteiger partial charge in [-0.25, -0.2) is 4.89 Å². The van der Waals surface area contributed by atoms with Crippen molar-refractivity contribution in [1.29, 1.82) is 0 Å². The predicted octanol–water partition coefficient (Wildman–Crippen LogP) is 3.81. The van der Waals surface area contributed by atoms with Crippen molar-refractivity contribution in [2.45, 2.75) is 32.4 Å². The highest BCUT2D eigenvalue weighted by Crippen LogP contribution is 2.14. The van der Waals surface area contributed by atoms with Gasteiger partial charge < -0.3 is 10.2 Å². The molecule has 0 aromatic heterocycles. The zero-order chi connectivity index (χ0) is 17.2. The number of phenolic OH excluding ortho intramolecular Hbond substituents is 1. The average Bonchev–Trinajstić information content (AvgIpc) is 2.60. The average molecular weight is 329 g/mol. The Hall–Kier alpha value is -2.34. The van der Waals surface area contributed by atoms with Crippen LogP contribution in [0, 0.1) is 0 Å². The van der Waals surface area contributed by atoms with Crippen molar-refractivity contribution < 1.29 is 20.1 Å². The van der Waals surface area contributed by atoms with E-state index in [9.17, 15) is 10.2 Å². The van der Waals surface area contributed by atoms with Crippen molar-refractivity contribution in [2.24, 2.45) is 0 Å². The molecule has 0 aliphatic heterocycles. The Morgan fingerprint density at radius 3 is 2.46 bits per heavy atom. The molecule has 5 nitrogen and oxygen atoms in total. The molecule has 0 fully saturated rings. The molecule has 24 heavy (non-hydrogen) atoms. The highest BCUT2D eigenvalue weighted by molar-refractivity contribution is 5.27. The first-order chi connectivity index (χ1) is 11.7. The Morgan fingerprint density at radius 2 is 1.79 bits per heavy atom. The van der Waals surface area contributed by atoms with E-state index >= 15 is 0 Å². The van der Waals surface area contributed by atoms with Crippen LogP contribution in [0.25, 0.3) is 0 Å². The van der Waals surface area contributed by atoms with E-state index < -0.39 is 6.04 Å². The van der Waals surface area contributed by atoms with Gasteiger partial charge in [0.2, 0.25) is 0 Å². The lowest BCUT2D eigenvalue weighted by Gasteiger charge is -2.17. The Bertz CT molecular complexity index is 626. The zero-order valence-electron chi connectivity index (χ0n) is 13.7. The van der Waals surface area contributed by atoms with E-state index in [2.05, 4.69) is 5.48 Å². The fraction of sp³-hybridized carbons (Fsp3) is 0.263. The molecule has 0 heterocycles. The highest BCUT2D eigenvalue weighted by atomic mass is 17.3. The van der Waals surface area contributed by atoms with E-state index in [1.54, 1.807) is 30.3 Å². The van der Waals surface area contributed by atoms with Crippen LogP contribution < -0.4 is 5.48 Å². The molecule has 2 rings (SSSR count). The number of hydrogen-bond acceptors (Lipinski definition) is 5. The summed E-state index contributed by atoms with van der Waals surface area (Å²) in [5, 5.41) is 19.5. The number of benzene rings is 2. The molecule has 5 heteroatoms. The van der Waals surface area contributed by atoms with Crippen LogP contribution in [0.2, 0.25) is 0 Å². The molecular weight excluding hydrogens is 306 g/mol. The quantitative estimate of drug-likeness (QED) is 0.282. The molecule has 0 saturated heterocycles. The summed E-state index contributed by atoms with van der Waals surface area (Å²) in [5.41, 5.74) is 4.68. The van der Waals surface area contributed by atoms with Crippen LogP contribution in [-0.4, -0.2) is 16.3 Å². The number of aromatic hydroxyl groups is 1. The molecule has 2 aromatic rings. The molecule has 3 N–H and O–H groups in total. The van der Waals surface area contributed by atoms with E-state index in [1.165, 1.54) is 0 Å². The summed E-state index contributed by atoms with van der Waals surface area (Å²) in [6, 6.07) is 16.0. The van der Waals surface area contributed by atoms with Crippen molar-refractivity contribution in [2.75, 3.05) is 0 Å². The molecular formula is C19H23NO4. The van der Waals surface area contributed by atoms with Gasteiger partial charge in [-0.3, -0.25) is 0 Å². The van der Waals surface area contributed by atoms with Gasteiger partial charge in [-0.15, -0.1) is 4.99 Å². The smallest absolute Gasteiger partial charge is 0.115 e. The van der Waals surface area contributed by atoms with Crippen LogP contribution >= 0.6 is 0 Å². The third-order valence-electron chi connectivity index (χ3n) is 3.46. The van der Waals surface area contributed by atoms with Crippen molar-refractivity contribution in [1.82, 2.24) is 5.48 Å². The lowest BCUT2D eigenvalue weighted by Crippen LogP contribution is -2.33. The maximum Gasteiger partial charge on any atom is 0.115 e. The lowest BCUT2D eigenvalue weighted by molar-refractivity contribution is -0.350. The number of aliphatic hydroxyl groups is 1. The fourth-order valence-electron chi connectivity index (χ4n) is 2.19. The van der Waals surface area contributed by atoms with Gasteiger partial charge in [-0.2, -0.15) is 5.48 Å². The van der Waals surface area contributed by atoms with E-state index in [1.807, 2.05) is 37.3 Å². The van der Waals surface area contributed by atoms with Crippen LogP contribution in [-0.2, 0) is 22.9 Å². The van der Waals surface area contributed by atoms with Crippen LogP contribution in [0.3, 0.4) is 0 Å². The van der Waals surface area contributed by atoms with Crippen molar-refractivity contribution in [3.05, 3.63) is 77.6 Å². The van der Waals surface area contributed by atoms with E-state index in [0.717, 1.165) is 11.1 Å². The van der Waals surface area contributed by atoms with Gasteiger partial charge >= 0.3 is 0 Å². The largest absolute Gasteiger partial charge is 0.511 e. The summed E-state index contributed by atoms with van der Waals surface area (Å²) in [7, 11) is 0. The first kappa shape index (κ1) is 18.0. The Labute approximate surface area is 142 Å². The van der Waals surface area contributed by atoms with Crippen LogP contribution in [0.5, 0.6) is 5.75 Å². The molecule has 1 atom stereocenters. The second kappa shape index (κ2) is 9.72. The molecule has 0 bridgehead atoms. The first-order valence-corrected chi connectivity index (χ1v) is 7.94. The minimum Gasteiger partial charge on any atom is -0.511 e. The van der Waals surface area contributed by atoms with E-state index in [0.29, 0.717) is 19.4 Å². The summed E-state index contributed by atoms with van der Waals surface area (Å²) in [5.74, 6) is 0.396. The third kappa shape index (κ3) is 6.04. The topological polar surface area (TPSA) is 71.0 Å². The molecule has 0 spiro atoms. The Morgan fingerprint density at radius 1 is 1.08 bits per heavy atom. The maximum atomic E-state index is 10.2. The van der Waals surface area contributed by atoms with Gasteiger partial charge in [-0.1, -0.05) is 49.4 Å². The molecule has 0 saturated carbocycles. The third-order valence-corrected chi connectivity index (χ3v) is 3.46. The van der Waals surface area contributed by atoms with Crippen molar-refractivity contribution in [3.8, 4) is 5.75 Å².